The van der Waals surface area contributed by atoms with E-state index in [9.17, 15) is 19.8 Å². The third kappa shape index (κ3) is 38.6. The molecule has 0 aromatic carbocycles. The van der Waals surface area contributed by atoms with Crippen molar-refractivity contribution in [3.05, 3.63) is 12.2 Å². The zero-order valence-electron chi connectivity index (χ0n) is 29.6. The van der Waals surface area contributed by atoms with Crippen molar-refractivity contribution in [1.29, 1.82) is 0 Å². The van der Waals surface area contributed by atoms with Gasteiger partial charge < -0.3 is 19.7 Å². The Kier molecular flexibility index (Phi) is 38.4. The number of hydrogen-bond acceptors (Lipinski definition) is 6. The Morgan fingerprint density at radius 2 is 0.864 bits per heavy atom. The summed E-state index contributed by atoms with van der Waals surface area (Å²) < 4.78 is 9.23. The molecule has 2 atom stereocenters. The molecule has 1 unspecified atom stereocenters. The van der Waals surface area contributed by atoms with Gasteiger partial charge in [0.25, 0.3) is 0 Å². The van der Waals surface area contributed by atoms with Gasteiger partial charge in [-0.3, -0.25) is 9.59 Å². The van der Waals surface area contributed by atoms with Crippen LogP contribution >= 0.6 is 0 Å². The number of carbonyl (C=O) groups is 2. The number of aliphatic hydroxyl groups is 2. The van der Waals surface area contributed by atoms with E-state index >= 15 is 0 Å². The molecule has 0 amide bonds. The van der Waals surface area contributed by atoms with E-state index in [0.29, 0.717) is 12.8 Å². The van der Waals surface area contributed by atoms with E-state index in [4.69, 9.17) is 0 Å². The van der Waals surface area contributed by atoms with Crippen molar-refractivity contribution >= 4 is 11.9 Å². The highest BCUT2D eigenvalue weighted by molar-refractivity contribution is 5.69. The summed E-state index contributed by atoms with van der Waals surface area (Å²) in [6.45, 7) is 4.42. The van der Waals surface area contributed by atoms with Gasteiger partial charge in [0.2, 0.25) is 0 Å². The van der Waals surface area contributed by atoms with Crippen molar-refractivity contribution in [3.8, 4) is 0 Å². The third-order valence-electron chi connectivity index (χ3n) is 8.23. The average Bonchev–Trinajstić information content (AvgIpc) is 3.03. The fourth-order valence-electron chi connectivity index (χ4n) is 5.22. The molecule has 0 heterocycles. The number of allylic oxidation sites excluding steroid dienone is 1. The lowest BCUT2D eigenvalue weighted by Crippen LogP contribution is -2.05. The first-order valence-corrected chi connectivity index (χ1v) is 18.6. The van der Waals surface area contributed by atoms with Crippen LogP contribution in [0.25, 0.3) is 0 Å². The van der Waals surface area contributed by atoms with Crippen LogP contribution in [0.1, 0.15) is 194 Å². The van der Waals surface area contributed by atoms with Crippen molar-refractivity contribution in [2.24, 2.45) is 0 Å². The van der Waals surface area contributed by atoms with Crippen LogP contribution in [0.3, 0.4) is 0 Å². The van der Waals surface area contributed by atoms with Crippen LogP contribution in [0.4, 0.5) is 0 Å². The molecule has 6 heteroatoms. The van der Waals surface area contributed by atoms with Crippen molar-refractivity contribution in [3.63, 3.8) is 0 Å². The Morgan fingerprint density at radius 1 is 0.500 bits per heavy atom. The third-order valence-corrected chi connectivity index (χ3v) is 8.23. The molecule has 44 heavy (non-hydrogen) atoms. The quantitative estimate of drug-likeness (QED) is 0.0452. The number of ether oxygens (including phenoxy) is 2. The number of esters is 2. The van der Waals surface area contributed by atoms with E-state index in [0.717, 1.165) is 70.6 Å². The summed E-state index contributed by atoms with van der Waals surface area (Å²) in [5.41, 5.74) is 0. The highest BCUT2D eigenvalue weighted by Gasteiger charge is 2.04. The second-order valence-corrected chi connectivity index (χ2v) is 12.5. The summed E-state index contributed by atoms with van der Waals surface area (Å²) in [4.78, 5) is 21.9. The molecule has 0 saturated heterocycles. The molecule has 0 aliphatic carbocycles. The summed E-state index contributed by atoms with van der Waals surface area (Å²) in [5, 5.41) is 19.7. The Morgan fingerprint density at radius 3 is 1.30 bits per heavy atom. The van der Waals surface area contributed by atoms with Gasteiger partial charge in [-0.25, -0.2) is 0 Å². The molecule has 0 aliphatic rings. The molecule has 0 aliphatic heterocycles. The molecule has 0 saturated carbocycles. The molecular formula is C38H74O6. The van der Waals surface area contributed by atoms with Gasteiger partial charge in [0.15, 0.2) is 0 Å². The number of aliphatic hydroxyl groups excluding tert-OH is 2. The predicted molar refractivity (Wildman–Crippen MR) is 186 cm³/mol. The summed E-state index contributed by atoms with van der Waals surface area (Å²) >= 11 is 0. The Labute approximate surface area is 273 Å². The molecule has 0 fully saturated rings. The van der Waals surface area contributed by atoms with Crippen molar-refractivity contribution < 1.29 is 29.3 Å². The zero-order valence-corrected chi connectivity index (χ0v) is 29.6. The van der Waals surface area contributed by atoms with E-state index < -0.39 is 0 Å². The maximum atomic E-state index is 10.9. The molecule has 0 spiro atoms. The first-order valence-electron chi connectivity index (χ1n) is 18.6. The van der Waals surface area contributed by atoms with Crippen molar-refractivity contribution in [2.75, 3.05) is 14.2 Å². The smallest absolute Gasteiger partial charge is 0.305 e. The lowest BCUT2D eigenvalue weighted by atomic mass is 10.0. The van der Waals surface area contributed by atoms with Gasteiger partial charge in [0.1, 0.15) is 0 Å². The van der Waals surface area contributed by atoms with Gasteiger partial charge in [-0.15, -0.1) is 0 Å². The highest BCUT2D eigenvalue weighted by Crippen LogP contribution is 2.15. The van der Waals surface area contributed by atoms with Gasteiger partial charge in [-0.1, -0.05) is 142 Å². The second kappa shape index (κ2) is 37.8. The maximum Gasteiger partial charge on any atom is 0.305 e. The molecule has 0 rings (SSSR count). The highest BCUT2D eigenvalue weighted by atomic mass is 16.5. The standard InChI is InChI=1S/C19H38O3.C19H36O3/c2*1-3-4-5-12-15-18(20)16-13-10-8-6-7-9-11-14-17-19(21)22-2/h18,20H,3-17H2,1-2H3;10,13,18,20H,3-9,11-12,14-17H2,1-2H3/b;13-10-/t;18-/m.1/s1. The monoisotopic (exact) mass is 627 g/mol. The van der Waals surface area contributed by atoms with Crippen LogP contribution in [0.5, 0.6) is 0 Å². The molecular weight excluding hydrogens is 552 g/mol. The van der Waals surface area contributed by atoms with E-state index in [2.05, 4.69) is 35.5 Å². The summed E-state index contributed by atoms with van der Waals surface area (Å²) in [6, 6.07) is 0. The minimum Gasteiger partial charge on any atom is -0.469 e. The number of hydrogen-bond donors (Lipinski definition) is 2. The number of carbonyl (C=O) groups excluding carboxylic acids is 2. The maximum absolute atomic E-state index is 10.9. The minimum absolute atomic E-state index is 0.0739. The van der Waals surface area contributed by atoms with Crippen LogP contribution in [-0.4, -0.2) is 48.6 Å². The molecule has 0 aromatic heterocycles. The van der Waals surface area contributed by atoms with Crippen LogP contribution in [-0.2, 0) is 19.1 Å². The minimum atomic E-state index is -0.161. The molecule has 0 aromatic rings. The van der Waals surface area contributed by atoms with Crippen LogP contribution in [0.15, 0.2) is 12.2 Å². The summed E-state index contributed by atoms with van der Waals surface area (Å²) in [6.07, 6.45) is 35.1. The summed E-state index contributed by atoms with van der Waals surface area (Å²) in [7, 11) is 2.89. The number of rotatable bonds is 31. The number of methoxy groups -OCH3 is 2. The van der Waals surface area contributed by atoms with Gasteiger partial charge in [0.05, 0.1) is 26.4 Å². The van der Waals surface area contributed by atoms with E-state index in [1.165, 1.54) is 111 Å². The lowest BCUT2D eigenvalue weighted by Gasteiger charge is -2.10. The Bertz CT molecular complexity index is 620. The fraction of sp³-hybridized carbons (Fsp3) is 0.895. The van der Waals surface area contributed by atoms with E-state index in [-0.39, 0.29) is 24.1 Å². The van der Waals surface area contributed by atoms with Crippen LogP contribution in [0, 0.1) is 0 Å². The lowest BCUT2D eigenvalue weighted by molar-refractivity contribution is -0.141. The summed E-state index contributed by atoms with van der Waals surface area (Å²) in [5.74, 6) is -0.190. The molecule has 2 N–H and O–H groups in total. The van der Waals surface area contributed by atoms with Crippen LogP contribution < -0.4 is 0 Å². The molecule has 0 bridgehead atoms. The largest absolute Gasteiger partial charge is 0.469 e. The average molecular weight is 627 g/mol. The van der Waals surface area contributed by atoms with E-state index in [1.807, 2.05) is 0 Å². The molecule has 6 nitrogen and oxygen atoms in total. The Hall–Kier alpha value is -1.40. The SMILES string of the molecule is CCCCCCC(O)CCCCCCCCCCC(=O)OC.CCCCCC[C@@H](O)C/C=C\CCCCCCCC(=O)OC. The van der Waals surface area contributed by atoms with Gasteiger partial charge >= 0.3 is 11.9 Å². The molecule has 0 radical (unpaired) electrons. The van der Waals surface area contributed by atoms with Gasteiger partial charge in [0, 0.05) is 12.8 Å². The normalized spacial score (nSPS) is 12.5. The van der Waals surface area contributed by atoms with Crippen LogP contribution in [0.2, 0.25) is 0 Å². The first kappa shape index (κ1) is 44.7. The first-order chi connectivity index (χ1) is 21.4. The van der Waals surface area contributed by atoms with Crippen molar-refractivity contribution in [2.45, 2.75) is 206 Å². The second-order valence-electron chi connectivity index (χ2n) is 12.5. The Balaban J connectivity index is 0. The number of unbranched alkanes of at least 4 members (excludes halogenated alkanes) is 18. The van der Waals surface area contributed by atoms with Crippen molar-refractivity contribution in [1.82, 2.24) is 0 Å². The topological polar surface area (TPSA) is 93.1 Å². The van der Waals surface area contributed by atoms with Gasteiger partial charge in [-0.05, 0) is 51.4 Å². The zero-order chi connectivity index (χ0) is 32.9. The predicted octanol–water partition coefficient (Wildman–Crippen LogP) is 10.6. The molecule has 262 valence electrons. The van der Waals surface area contributed by atoms with E-state index in [1.54, 1.807) is 0 Å². The van der Waals surface area contributed by atoms with Gasteiger partial charge in [-0.2, -0.15) is 0 Å². The fourth-order valence-corrected chi connectivity index (χ4v) is 5.22.